The van der Waals surface area contributed by atoms with Crippen LogP contribution in [0.15, 0.2) is 47.7 Å². The van der Waals surface area contributed by atoms with Gasteiger partial charge in [0.05, 0.1) is 12.0 Å². The molecule has 118 valence electrons. The van der Waals surface area contributed by atoms with Crippen LogP contribution in [0.3, 0.4) is 0 Å². The predicted molar refractivity (Wildman–Crippen MR) is 90.8 cm³/mol. The first kappa shape index (κ1) is 15.2. The first-order valence-corrected chi connectivity index (χ1v) is 7.53. The topological polar surface area (TPSA) is 71.6 Å². The van der Waals surface area contributed by atoms with Gasteiger partial charge in [-0.05, 0) is 31.0 Å². The molecule has 2 heterocycles. The standard InChI is InChI=1S/C18H20N4O/c1-12-5-4-6-13(7-12)14-8-15(11-20-10-14)18(2)9-16(23)22(3)17(19)21-18/h4-8,10-11H,9H2,1-3H3,(H2,19,21)/t18-/m0/s1. The van der Waals surface area contributed by atoms with Gasteiger partial charge in [0.25, 0.3) is 0 Å². The molecule has 1 atom stereocenters. The molecule has 2 N–H and O–H groups in total. The Labute approximate surface area is 135 Å². The quantitative estimate of drug-likeness (QED) is 0.926. The molecule has 0 radical (unpaired) electrons. The van der Waals surface area contributed by atoms with Crippen LogP contribution in [0.4, 0.5) is 0 Å². The van der Waals surface area contributed by atoms with Crippen LogP contribution in [0.1, 0.15) is 24.5 Å². The van der Waals surface area contributed by atoms with E-state index in [0.29, 0.717) is 0 Å². The molecule has 0 bridgehead atoms. The molecule has 1 aromatic heterocycles. The Kier molecular flexibility index (Phi) is 3.64. The number of guanidine groups is 1. The van der Waals surface area contributed by atoms with Crippen LogP contribution in [-0.2, 0) is 10.3 Å². The van der Waals surface area contributed by atoms with Crippen molar-refractivity contribution in [1.29, 1.82) is 0 Å². The predicted octanol–water partition coefficient (Wildman–Crippen LogP) is 2.45. The summed E-state index contributed by atoms with van der Waals surface area (Å²) in [6, 6.07) is 10.3. The van der Waals surface area contributed by atoms with E-state index in [4.69, 9.17) is 5.73 Å². The molecule has 0 saturated carbocycles. The van der Waals surface area contributed by atoms with Gasteiger partial charge < -0.3 is 5.73 Å². The average molecular weight is 308 g/mol. The fourth-order valence-corrected chi connectivity index (χ4v) is 2.79. The molecule has 1 aromatic carbocycles. The number of aliphatic imine (C=N–C) groups is 1. The summed E-state index contributed by atoms with van der Waals surface area (Å²) in [6.07, 6.45) is 3.86. The van der Waals surface area contributed by atoms with Gasteiger partial charge in [-0.1, -0.05) is 29.8 Å². The summed E-state index contributed by atoms with van der Waals surface area (Å²) in [6.45, 7) is 3.98. The van der Waals surface area contributed by atoms with Crippen molar-refractivity contribution in [3.05, 3.63) is 53.9 Å². The molecule has 2 aromatic rings. The maximum Gasteiger partial charge on any atom is 0.231 e. The van der Waals surface area contributed by atoms with E-state index < -0.39 is 5.54 Å². The maximum atomic E-state index is 12.1. The number of nitrogens with two attached hydrogens (primary N) is 1. The summed E-state index contributed by atoms with van der Waals surface area (Å²) >= 11 is 0. The number of rotatable bonds is 2. The van der Waals surface area contributed by atoms with Crippen molar-refractivity contribution in [3.8, 4) is 11.1 Å². The Morgan fingerprint density at radius 3 is 2.70 bits per heavy atom. The van der Waals surface area contributed by atoms with Crippen molar-refractivity contribution in [2.75, 3.05) is 7.05 Å². The lowest BCUT2D eigenvalue weighted by Crippen LogP contribution is -2.47. The monoisotopic (exact) mass is 308 g/mol. The summed E-state index contributed by atoms with van der Waals surface area (Å²) in [7, 11) is 1.64. The third kappa shape index (κ3) is 2.82. The molecule has 0 spiro atoms. The molecule has 1 amide bonds. The van der Waals surface area contributed by atoms with Gasteiger partial charge in [0.15, 0.2) is 5.96 Å². The van der Waals surface area contributed by atoms with Crippen LogP contribution >= 0.6 is 0 Å². The highest BCUT2D eigenvalue weighted by Crippen LogP contribution is 2.34. The number of amides is 1. The normalized spacial score (nSPS) is 21.3. The second kappa shape index (κ2) is 5.50. The van der Waals surface area contributed by atoms with Crippen molar-refractivity contribution in [2.45, 2.75) is 25.8 Å². The van der Waals surface area contributed by atoms with Gasteiger partial charge in [-0.2, -0.15) is 0 Å². The Bertz CT molecular complexity index is 799. The lowest BCUT2D eigenvalue weighted by atomic mass is 9.87. The second-order valence-corrected chi connectivity index (χ2v) is 6.21. The zero-order valence-electron chi connectivity index (χ0n) is 13.6. The summed E-state index contributed by atoms with van der Waals surface area (Å²) in [5.41, 5.74) is 9.39. The summed E-state index contributed by atoms with van der Waals surface area (Å²) in [5.74, 6) is 0.200. The van der Waals surface area contributed by atoms with E-state index >= 15 is 0 Å². The molecule has 0 unspecified atom stereocenters. The Hall–Kier alpha value is -2.69. The van der Waals surface area contributed by atoms with Gasteiger partial charge >= 0.3 is 0 Å². The Morgan fingerprint density at radius 1 is 1.22 bits per heavy atom. The van der Waals surface area contributed by atoms with Gasteiger partial charge in [-0.25, -0.2) is 4.99 Å². The molecule has 1 aliphatic heterocycles. The summed E-state index contributed by atoms with van der Waals surface area (Å²) in [4.78, 5) is 22.4. The number of hydrogen-bond acceptors (Lipinski definition) is 4. The highest BCUT2D eigenvalue weighted by atomic mass is 16.2. The van der Waals surface area contributed by atoms with Gasteiger partial charge in [0.2, 0.25) is 5.91 Å². The van der Waals surface area contributed by atoms with E-state index in [9.17, 15) is 4.79 Å². The third-order valence-corrected chi connectivity index (χ3v) is 4.29. The second-order valence-electron chi connectivity index (χ2n) is 6.21. The molecule has 5 heteroatoms. The molecule has 0 fully saturated rings. The minimum atomic E-state index is -0.680. The van der Waals surface area contributed by atoms with Crippen LogP contribution < -0.4 is 5.73 Å². The van der Waals surface area contributed by atoms with Gasteiger partial charge in [0.1, 0.15) is 0 Å². The molecule has 3 rings (SSSR count). The highest BCUT2D eigenvalue weighted by molar-refractivity contribution is 5.98. The van der Waals surface area contributed by atoms with E-state index in [1.54, 1.807) is 13.2 Å². The number of carbonyl (C=O) groups is 1. The molecular weight excluding hydrogens is 288 g/mol. The zero-order chi connectivity index (χ0) is 16.6. The summed E-state index contributed by atoms with van der Waals surface area (Å²) < 4.78 is 0. The maximum absolute atomic E-state index is 12.1. The molecule has 5 nitrogen and oxygen atoms in total. The number of aryl methyl sites for hydroxylation is 1. The fourth-order valence-electron chi connectivity index (χ4n) is 2.79. The van der Waals surface area contributed by atoms with Gasteiger partial charge in [-0.3, -0.25) is 14.7 Å². The van der Waals surface area contributed by atoms with E-state index in [0.717, 1.165) is 16.7 Å². The van der Waals surface area contributed by atoms with Crippen molar-refractivity contribution >= 4 is 11.9 Å². The first-order chi connectivity index (χ1) is 10.9. The van der Waals surface area contributed by atoms with E-state index in [1.807, 2.05) is 31.3 Å². The van der Waals surface area contributed by atoms with Gasteiger partial charge in [-0.15, -0.1) is 0 Å². The minimum Gasteiger partial charge on any atom is -0.369 e. The van der Waals surface area contributed by atoms with Crippen LogP contribution in [-0.4, -0.2) is 28.8 Å². The fraction of sp³-hybridized carbons (Fsp3) is 0.278. The van der Waals surface area contributed by atoms with E-state index in [-0.39, 0.29) is 18.3 Å². The molecule has 23 heavy (non-hydrogen) atoms. The molecular formula is C18H20N4O. The van der Waals surface area contributed by atoms with Gasteiger partial charge in [0, 0.05) is 25.0 Å². The lowest BCUT2D eigenvalue weighted by molar-refractivity contribution is -0.128. The van der Waals surface area contributed by atoms with Crippen LogP contribution in [0.2, 0.25) is 0 Å². The minimum absolute atomic E-state index is 0.0408. The van der Waals surface area contributed by atoms with E-state index in [1.165, 1.54) is 10.5 Å². The molecule has 0 aliphatic carbocycles. The Balaban J connectivity index is 2.05. The number of pyridine rings is 1. The number of hydrogen-bond donors (Lipinski definition) is 1. The summed E-state index contributed by atoms with van der Waals surface area (Å²) in [5, 5.41) is 0. The largest absolute Gasteiger partial charge is 0.369 e. The first-order valence-electron chi connectivity index (χ1n) is 7.53. The molecule has 1 aliphatic rings. The Morgan fingerprint density at radius 2 is 2.00 bits per heavy atom. The number of aromatic nitrogens is 1. The SMILES string of the molecule is Cc1cccc(-c2cncc([C@]3(C)CC(=O)N(C)C(N)=N3)c2)c1. The molecule has 0 saturated heterocycles. The number of benzene rings is 1. The lowest BCUT2D eigenvalue weighted by Gasteiger charge is -2.33. The number of carbonyl (C=O) groups excluding carboxylic acids is 1. The van der Waals surface area contributed by atoms with Crippen LogP contribution in [0.25, 0.3) is 11.1 Å². The third-order valence-electron chi connectivity index (χ3n) is 4.29. The van der Waals surface area contributed by atoms with Crippen molar-refractivity contribution < 1.29 is 4.79 Å². The van der Waals surface area contributed by atoms with Crippen LogP contribution in [0, 0.1) is 6.92 Å². The average Bonchev–Trinajstić information content (AvgIpc) is 2.53. The van der Waals surface area contributed by atoms with Crippen LogP contribution in [0.5, 0.6) is 0 Å². The smallest absolute Gasteiger partial charge is 0.231 e. The van der Waals surface area contributed by atoms with Crippen molar-refractivity contribution in [1.82, 2.24) is 9.88 Å². The zero-order valence-corrected chi connectivity index (χ0v) is 13.6. The highest BCUT2D eigenvalue weighted by Gasteiger charge is 2.36. The van der Waals surface area contributed by atoms with Crippen molar-refractivity contribution in [3.63, 3.8) is 0 Å². The van der Waals surface area contributed by atoms with Crippen molar-refractivity contribution in [2.24, 2.45) is 10.7 Å². The van der Waals surface area contributed by atoms with E-state index in [2.05, 4.69) is 29.0 Å². The number of nitrogens with zero attached hydrogens (tertiary/aromatic N) is 3.